The monoisotopic (exact) mass is 651 g/mol. The topological polar surface area (TPSA) is 97.2 Å². The molecule has 3 aliphatic heterocycles. The zero-order valence-corrected chi connectivity index (χ0v) is 28.2. The van der Waals surface area contributed by atoms with Crippen molar-refractivity contribution in [2.24, 2.45) is 23.7 Å². The summed E-state index contributed by atoms with van der Waals surface area (Å²) in [6, 6.07) is 2.62. The molecule has 8 nitrogen and oxygen atoms in total. The number of carbonyl (C=O) groups is 1. The smallest absolute Gasteiger partial charge is 0.367 e. The minimum absolute atomic E-state index is 0.171. The Kier molecular flexibility index (Phi) is 11.4. The third-order valence-electron chi connectivity index (χ3n) is 10.7. The maximum Gasteiger partial charge on any atom is 0.389 e. The molecule has 2 saturated heterocycles. The molecular formula is C35H49BF3N7O. The van der Waals surface area contributed by atoms with Crippen LogP contribution in [-0.4, -0.2) is 78.1 Å². The van der Waals surface area contributed by atoms with Gasteiger partial charge in [0.15, 0.2) is 0 Å². The number of hydrogen-bond donors (Lipinski definition) is 2. The molecule has 4 heterocycles. The van der Waals surface area contributed by atoms with E-state index in [2.05, 4.69) is 61.6 Å². The van der Waals surface area contributed by atoms with Crippen LogP contribution >= 0.6 is 0 Å². The van der Waals surface area contributed by atoms with Crippen LogP contribution in [0.15, 0.2) is 35.2 Å². The van der Waals surface area contributed by atoms with Crippen molar-refractivity contribution in [3.63, 3.8) is 0 Å². The van der Waals surface area contributed by atoms with E-state index in [-0.39, 0.29) is 25.1 Å². The number of piperidine rings is 1. The lowest BCUT2D eigenvalue weighted by molar-refractivity contribution is -0.143. The molecule has 0 radical (unpaired) electrons. The molecular weight excluding hydrogens is 602 g/mol. The van der Waals surface area contributed by atoms with Crippen molar-refractivity contribution < 1.29 is 18.0 Å². The highest BCUT2D eigenvalue weighted by molar-refractivity contribution is 6.84. The van der Waals surface area contributed by atoms with Crippen molar-refractivity contribution in [2.75, 3.05) is 43.9 Å². The van der Waals surface area contributed by atoms with Crippen molar-refractivity contribution in [1.29, 1.82) is 5.26 Å². The number of fused-ring (bicyclic) bond motifs is 1. The van der Waals surface area contributed by atoms with Crippen molar-refractivity contribution in [1.82, 2.24) is 19.8 Å². The number of carbonyl (C=O) groups excluding carboxylic acids is 1. The van der Waals surface area contributed by atoms with Gasteiger partial charge in [0.05, 0.1) is 6.19 Å². The van der Waals surface area contributed by atoms with Gasteiger partial charge < -0.3 is 20.3 Å². The molecule has 2 fully saturated rings. The molecule has 0 aromatic carbocycles. The maximum atomic E-state index is 13.1. The summed E-state index contributed by atoms with van der Waals surface area (Å²) in [6.45, 7) is 9.49. The number of nitriles is 1. The number of allylic oxidation sites excluding steroid dienone is 4. The molecule has 1 aliphatic carbocycles. The Labute approximate surface area is 278 Å². The molecule has 0 bridgehead atoms. The fourth-order valence-electron chi connectivity index (χ4n) is 7.88. The molecule has 254 valence electrons. The summed E-state index contributed by atoms with van der Waals surface area (Å²) in [5.74, 6) is 1.64. The Bertz CT molecular complexity index is 1400. The van der Waals surface area contributed by atoms with E-state index in [0.29, 0.717) is 29.3 Å². The molecule has 12 heteroatoms. The first kappa shape index (κ1) is 35.0. The van der Waals surface area contributed by atoms with Crippen LogP contribution in [0.25, 0.3) is 0 Å². The molecule has 3 atom stereocenters. The van der Waals surface area contributed by atoms with Gasteiger partial charge in [0.1, 0.15) is 17.6 Å². The number of hydrogen-bond acceptors (Lipinski definition) is 8. The average molecular weight is 652 g/mol. The second-order valence-electron chi connectivity index (χ2n) is 14.2. The summed E-state index contributed by atoms with van der Waals surface area (Å²) in [7, 11) is 1.74. The van der Waals surface area contributed by atoms with Crippen molar-refractivity contribution in [3.8, 4) is 6.07 Å². The van der Waals surface area contributed by atoms with E-state index < -0.39 is 18.5 Å². The maximum absolute atomic E-state index is 13.1. The number of likely N-dealkylation sites (tertiary alicyclic amines) is 1. The Morgan fingerprint density at radius 1 is 1.17 bits per heavy atom. The largest absolute Gasteiger partial charge is 0.389 e. The van der Waals surface area contributed by atoms with Gasteiger partial charge in [0.2, 0.25) is 12.7 Å². The number of anilines is 2. The predicted molar refractivity (Wildman–Crippen MR) is 182 cm³/mol. The van der Waals surface area contributed by atoms with Gasteiger partial charge in [0, 0.05) is 68.6 Å². The standard InChI is InChI=1S/C35H49BF3N7O/c1-23(19-35(37,38)39)17-31-25(3)42-34(41-4)44-33(31)43-28-10-14-45(15-11-28)21-27-5-6-32-30(24(27)2)18-29(20-40)46(32)16-9-26-7-12-36(22-47)13-8-26/h5-6,18,22-24,26,28,30H,7-17,19,21H2,1-4H3,(H2,41,42,43,44). The first-order chi connectivity index (χ1) is 22.5. The molecule has 1 aromatic rings. The predicted octanol–water partition coefficient (Wildman–Crippen LogP) is 6.70. The summed E-state index contributed by atoms with van der Waals surface area (Å²) in [5.41, 5.74) is 4.81. The van der Waals surface area contributed by atoms with Gasteiger partial charge in [-0.3, -0.25) is 4.90 Å². The molecule has 5 rings (SSSR count). The number of rotatable bonds is 12. The van der Waals surface area contributed by atoms with Gasteiger partial charge in [-0.25, -0.2) is 4.98 Å². The van der Waals surface area contributed by atoms with Gasteiger partial charge in [0.25, 0.3) is 0 Å². The summed E-state index contributed by atoms with van der Waals surface area (Å²) in [6.07, 6.45) is 9.98. The summed E-state index contributed by atoms with van der Waals surface area (Å²) in [5, 5.41) is 16.5. The summed E-state index contributed by atoms with van der Waals surface area (Å²) >= 11 is 0. The molecule has 3 unspecified atom stereocenters. The third kappa shape index (κ3) is 8.78. The molecule has 0 saturated carbocycles. The highest BCUT2D eigenvalue weighted by Crippen LogP contribution is 2.42. The second kappa shape index (κ2) is 15.3. The van der Waals surface area contributed by atoms with E-state index in [1.807, 2.05) is 6.92 Å². The minimum Gasteiger partial charge on any atom is -0.367 e. The first-order valence-corrected chi connectivity index (χ1v) is 17.3. The van der Waals surface area contributed by atoms with E-state index in [9.17, 15) is 23.2 Å². The Hall–Kier alpha value is -3.33. The van der Waals surface area contributed by atoms with E-state index in [0.717, 1.165) is 88.4 Å². The van der Waals surface area contributed by atoms with Gasteiger partial charge in [-0.1, -0.05) is 51.0 Å². The molecule has 0 amide bonds. The van der Waals surface area contributed by atoms with Crippen LogP contribution in [0.3, 0.4) is 0 Å². The van der Waals surface area contributed by atoms with Crippen LogP contribution in [0, 0.1) is 41.9 Å². The summed E-state index contributed by atoms with van der Waals surface area (Å²) < 4.78 is 39.2. The van der Waals surface area contributed by atoms with Crippen LogP contribution in [0.4, 0.5) is 24.9 Å². The number of nitrogens with zero attached hydrogens (tertiary/aromatic N) is 5. The lowest BCUT2D eigenvalue weighted by atomic mass is 9.41. The molecule has 0 spiro atoms. The molecule has 47 heavy (non-hydrogen) atoms. The molecule has 1 aromatic heterocycles. The van der Waals surface area contributed by atoms with E-state index in [4.69, 9.17) is 0 Å². The summed E-state index contributed by atoms with van der Waals surface area (Å²) in [4.78, 5) is 24.9. The van der Waals surface area contributed by atoms with E-state index in [1.54, 1.807) is 14.0 Å². The fraction of sp³-hybridized carbons (Fsp3) is 0.657. The Morgan fingerprint density at radius 2 is 1.89 bits per heavy atom. The quantitative estimate of drug-likeness (QED) is 0.191. The van der Waals surface area contributed by atoms with Crippen LogP contribution in [0.2, 0.25) is 12.6 Å². The number of aromatic nitrogens is 2. The van der Waals surface area contributed by atoms with Gasteiger partial charge >= 0.3 is 6.18 Å². The van der Waals surface area contributed by atoms with Crippen LogP contribution < -0.4 is 10.6 Å². The normalized spacial score (nSPS) is 23.4. The third-order valence-corrected chi connectivity index (χ3v) is 10.7. The number of nitrogens with one attached hydrogen (secondary N) is 2. The van der Waals surface area contributed by atoms with Gasteiger partial charge in [-0.05, 0) is 62.5 Å². The van der Waals surface area contributed by atoms with E-state index in [1.165, 1.54) is 11.3 Å². The zero-order chi connectivity index (χ0) is 33.7. The van der Waals surface area contributed by atoms with E-state index >= 15 is 0 Å². The van der Waals surface area contributed by atoms with Crippen molar-refractivity contribution in [3.05, 3.63) is 46.5 Å². The minimum atomic E-state index is -4.20. The highest BCUT2D eigenvalue weighted by Gasteiger charge is 2.37. The zero-order valence-electron chi connectivity index (χ0n) is 28.2. The number of alkyl halides is 3. The van der Waals surface area contributed by atoms with Crippen LogP contribution in [0.5, 0.6) is 0 Å². The van der Waals surface area contributed by atoms with Crippen molar-refractivity contribution in [2.45, 2.75) is 90.6 Å². The average Bonchev–Trinajstić information content (AvgIpc) is 3.41. The van der Waals surface area contributed by atoms with Crippen LogP contribution in [-0.2, 0) is 11.2 Å². The van der Waals surface area contributed by atoms with Gasteiger partial charge in [-0.2, -0.15) is 23.4 Å². The Balaban J connectivity index is 1.17. The highest BCUT2D eigenvalue weighted by atomic mass is 19.4. The molecule has 4 aliphatic rings. The lowest BCUT2D eigenvalue weighted by Gasteiger charge is -2.37. The fourth-order valence-corrected chi connectivity index (χ4v) is 7.88. The second-order valence-corrected chi connectivity index (χ2v) is 14.2. The first-order valence-electron chi connectivity index (χ1n) is 17.3. The lowest BCUT2D eigenvalue weighted by Crippen LogP contribution is -2.41. The van der Waals surface area contributed by atoms with Gasteiger partial charge in [-0.15, -0.1) is 0 Å². The molecule has 2 N–H and O–H groups in total. The number of halogens is 3. The van der Waals surface area contributed by atoms with Crippen molar-refractivity contribution >= 4 is 24.7 Å². The SMILES string of the molecule is CNc1nc(C)c(CC(C)CC(F)(F)F)c(NC2CCN(CC3=CC=C4C(C=C(C#N)N4CCC4CCB(C=O)CC4)C3C)CC2)n1. The van der Waals surface area contributed by atoms with Crippen LogP contribution in [0.1, 0.15) is 63.6 Å². The number of aryl methyl sites for hydroxylation is 1. The Morgan fingerprint density at radius 3 is 2.53 bits per heavy atom.